The Morgan fingerprint density at radius 3 is 1.11 bits per heavy atom. The first-order valence-corrected chi connectivity index (χ1v) is 37.9. The number of rotatable bonds is 65. The molecule has 0 aromatic rings. The topological polar surface area (TPSA) is 111 Å². The van der Waals surface area contributed by atoms with Crippen LogP contribution in [0, 0.1) is 0 Å². The van der Waals surface area contributed by atoms with Gasteiger partial charge in [-0.2, -0.15) is 0 Å². The quantitative estimate of drug-likeness (QED) is 0.0205. The van der Waals surface area contributed by atoms with Crippen molar-refractivity contribution in [3.8, 4) is 0 Å². The van der Waals surface area contributed by atoms with Crippen molar-refractivity contribution in [3.63, 3.8) is 0 Å². The van der Waals surface area contributed by atoms with Crippen molar-refractivity contribution in [2.45, 2.75) is 322 Å². The van der Waals surface area contributed by atoms with E-state index in [9.17, 15) is 19.0 Å². The molecule has 88 heavy (non-hydrogen) atoms. The lowest BCUT2D eigenvalue weighted by atomic mass is 10.0. The summed E-state index contributed by atoms with van der Waals surface area (Å²) in [5, 5.41) is 3.07. The number of phosphoric acid groups is 1. The van der Waals surface area contributed by atoms with E-state index >= 15 is 0 Å². The molecule has 3 atom stereocenters. The van der Waals surface area contributed by atoms with Crippen LogP contribution >= 0.6 is 7.82 Å². The molecule has 0 fully saturated rings. The molecule has 0 aliphatic carbocycles. The molecule has 506 valence electrons. The van der Waals surface area contributed by atoms with Gasteiger partial charge in [0.25, 0.3) is 0 Å². The number of hydrogen-bond acceptors (Lipinski definition) is 6. The molecule has 1 amide bonds. The highest BCUT2D eigenvalue weighted by atomic mass is 31.2. The van der Waals surface area contributed by atoms with Crippen molar-refractivity contribution in [2.75, 3.05) is 40.9 Å². The van der Waals surface area contributed by atoms with E-state index in [0.717, 1.165) is 135 Å². The lowest BCUT2D eigenvalue weighted by Gasteiger charge is -2.27. The predicted molar refractivity (Wildman–Crippen MR) is 383 cm³/mol. The highest BCUT2D eigenvalue weighted by molar-refractivity contribution is 7.47. The molecular formula is C78H138N2O7P+. The summed E-state index contributed by atoms with van der Waals surface area (Å²) in [5.41, 5.74) is 0. The van der Waals surface area contributed by atoms with Crippen molar-refractivity contribution in [1.29, 1.82) is 0 Å². The summed E-state index contributed by atoms with van der Waals surface area (Å²) < 4.78 is 30.8. The van der Waals surface area contributed by atoms with Crippen LogP contribution in [0.1, 0.15) is 310 Å². The summed E-state index contributed by atoms with van der Waals surface area (Å²) in [6, 6.07) is -0.864. The number of unbranched alkanes of at least 4 members (excludes halogenated alkanes) is 31. The minimum absolute atomic E-state index is 0.0324. The third-order valence-electron chi connectivity index (χ3n) is 15.6. The Hall–Kier alpha value is -3.59. The predicted octanol–water partition coefficient (Wildman–Crippen LogP) is 23.4. The zero-order chi connectivity index (χ0) is 64.2. The number of ether oxygens (including phenoxy) is 1. The second kappa shape index (κ2) is 66.3. The number of nitrogens with zero attached hydrogens (tertiary/aromatic N) is 1. The van der Waals surface area contributed by atoms with Gasteiger partial charge in [0.05, 0.1) is 33.8 Å². The monoisotopic (exact) mass is 1250 g/mol. The Kier molecular flexibility index (Phi) is 63.6. The number of amides is 1. The molecule has 0 rings (SSSR count). The molecule has 0 radical (unpaired) electrons. The molecule has 2 N–H and O–H groups in total. The van der Waals surface area contributed by atoms with Gasteiger partial charge in [0.2, 0.25) is 5.91 Å². The van der Waals surface area contributed by atoms with E-state index in [1.807, 2.05) is 33.3 Å². The van der Waals surface area contributed by atoms with Gasteiger partial charge in [0.1, 0.15) is 19.3 Å². The van der Waals surface area contributed by atoms with Crippen LogP contribution in [0.5, 0.6) is 0 Å². The third-order valence-corrected chi connectivity index (χ3v) is 16.6. The highest BCUT2D eigenvalue weighted by Crippen LogP contribution is 2.43. The van der Waals surface area contributed by atoms with Crippen molar-refractivity contribution in [3.05, 3.63) is 122 Å². The van der Waals surface area contributed by atoms with Crippen LogP contribution in [0.3, 0.4) is 0 Å². The molecule has 0 spiro atoms. The maximum absolute atomic E-state index is 13.6. The summed E-state index contributed by atoms with van der Waals surface area (Å²) in [6.07, 6.45) is 93.5. The minimum Gasteiger partial charge on any atom is -0.456 e. The van der Waals surface area contributed by atoms with Gasteiger partial charge in [0, 0.05) is 12.8 Å². The lowest BCUT2D eigenvalue weighted by molar-refractivity contribution is -0.870. The first-order chi connectivity index (χ1) is 42.9. The summed E-state index contributed by atoms with van der Waals surface area (Å²) in [4.78, 5) is 38.0. The van der Waals surface area contributed by atoms with E-state index in [-0.39, 0.29) is 31.5 Å². The van der Waals surface area contributed by atoms with E-state index in [1.165, 1.54) is 141 Å². The van der Waals surface area contributed by atoms with Gasteiger partial charge in [-0.25, -0.2) is 4.57 Å². The Morgan fingerprint density at radius 1 is 0.409 bits per heavy atom. The number of allylic oxidation sites excluding steroid dienone is 19. The Morgan fingerprint density at radius 2 is 0.727 bits per heavy atom. The molecule has 9 nitrogen and oxygen atoms in total. The van der Waals surface area contributed by atoms with Gasteiger partial charge in [-0.15, -0.1) is 0 Å². The van der Waals surface area contributed by atoms with E-state index in [0.29, 0.717) is 17.4 Å². The van der Waals surface area contributed by atoms with E-state index in [4.69, 9.17) is 13.8 Å². The average Bonchev–Trinajstić information content (AvgIpc) is 3.71. The fourth-order valence-corrected chi connectivity index (χ4v) is 10.8. The Bertz CT molecular complexity index is 1920. The second-order valence-electron chi connectivity index (χ2n) is 25.4. The molecule has 3 unspecified atom stereocenters. The van der Waals surface area contributed by atoms with Gasteiger partial charge < -0.3 is 19.4 Å². The van der Waals surface area contributed by atoms with Crippen LogP contribution < -0.4 is 5.32 Å². The van der Waals surface area contributed by atoms with Gasteiger partial charge >= 0.3 is 13.8 Å². The number of carbonyl (C=O) groups is 2. The Balaban J connectivity index is 5.09. The molecule has 0 aliphatic rings. The number of carbonyl (C=O) groups excluding carboxylic acids is 2. The van der Waals surface area contributed by atoms with E-state index in [1.54, 1.807) is 0 Å². The number of esters is 1. The first kappa shape index (κ1) is 84.4. The highest BCUT2D eigenvalue weighted by Gasteiger charge is 2.30. The first-order valence-electron chi connectivity index (χ1n) is 36.4. The van der Waals surface area contributed by atoms with Crippen LogP contribution in [0.2, 0.25) is 0 Å². The zero-order valence-electron chi connectivity index (χ0n) is 57.9. The summed E-state index contributed by atoms with van der Waals surface area (Å²) in [5.74, 6) is -0.519. The molecule has 10 heteroatoms. The van der Waals surface area contributed by atoms with Crippen molar-refractivity contribution in [1.82, 2.24) is 5.32 Å². The van der Waals surface area contributed by atoms with Crippen molar-refractivity contribution < 1.29 is 37.3 Å². The van der Waals surface area contributed by atoms with Crippen LogP contribution in [-0.4, -0.2) is 74.3 Å². The zero-order valence-corrected chi connectivity index (χ0v) is 58.8. The average molecular weight is 1250 g/mol. The fourth-order valence-electron chi connectivity index (χ4n) is 10.1. The summed E-state index contributed by atoms with van der Waals surface area (Å²) >= 11 is 0. The van der Waals surface area contributed by atoms with Crippen LogP contribution in [0.15, 0.2) is 122 Å². The Labute approximate surface area is 543 Å². The number of likely N-dealkylation sites (N-methyl/N-ethyl adjacent to an activating group) is 1. The SMILES string of the molecule is CC/C=C\C/C=C\C/C=C\C/C=C\C/C=C\CCCCCCCCCCCC(=O)NC(COP(=O)(O)OCC[N+](C)(C)C)C(/C=C/CCCCCCCCCCCC)OC(=O)CCCCCCCCCCC/C=C\C/C=C\C/C=C\C/C=C\CCCCC. The molecule has 0 aliphatic heterocycles. The standard InChI is InChI=1S/C78H137N2O7P/c1-7-10-13-16-19-22-25-28-30-32-34-36-38-40-42-44-46-48-50-52-55-58-61-64-67-70-77(81)79-75(74-86-88(83,84)85-73-72-80(4,5)6)76(69-66-63-60-57-54-27-24-21-18-15-12-9-3)87-78(82)71-68-65-62-59-56-53-51-49-47-45-43-41-39-37-35-33-31-29-26-23-20-17-14-11-8-2/h10,13,19-20,22-23,28-31,34-37,40-43,66,69,75-76H,7-9,11-12,14-18,21,24-27,32-33,38-39,44-65,67-68,70-74H2,1-6H3,(H-,79,81,83,84)/p+1/b13-10-,22-19-,23-20-,30-28-,31-29-,36-34-,37-35-,42-40-,43-41-,69-66+. The van der Waals surface area contributed by atoms with Crippen LogP contribution in [0.25, 0.3) is 0 Å². The molecule has 0 aromatic carbocycles. The van der Waals surface area contributed by atoms with Crippen LogP contribution in [-0.2, 0) is 27.9 Å². The maximum atomic E-state index is 13.6. The molecule has 0 saturated carbocycles. The van der Waals surface area contributed by atoms with Crippen molar-refractivity contribution >= 4 is 19.7 Å². The van der Waals surface area contributed by atoms with Gasteiger partial charge in [-0.1, -0.05) is 297 Å². The molecule has 0 bridgehead atoms. The lowest BCUT2D eigenvalue weighted by Crippen LogP contribution is -2.47. The summed E-state index contributed by atoms with van der Waals surface area (Å²) in [7, 11) is 1.48. The largest absolute Gasteiger partial charge is 0.472 e. The number of hydrogen-bond donors (Lipinski definition) is 2. The number of nitrogens with one attached hydrogen (secondary N) is 1. The molecular weight excluding hydrogens is 1110 g/mol. The van der Waals surface area contributed by atoms with Gasteiger partial charge in [-0.3, -0.25) is 18.6 Å². The second-order valence-corrected chi connectivity index (χ2v) is 26.8. The molecule has 0 aromatic heterocycles. The number of phosphoric ester groups is 1. The molecule has 0 saturated heterocycles. The molecule has 0 heterocycles. The van der Waals surface area contributed by atoms with E-state index < -0.39 is 20.0 Å². The summed E-state index contributed by atoms with van der Waals surface area (Å²) in [6.45, 7) is 6.87. The minimum atomic E-state index is -4.47. The van der Waals surface area contributed by atoms with Crippen LogP contribution in [0.4, 0.5) is 0 Å². The number of quaternary nitrogens is 1. The smallest absolute Gasteiger partial charge is 0.456 e. The van der Waals surface area contributed by atoms with Gasteiger partial charge in [0.15, 0.2) is 0 Å². The third kappa shape index (κ3) is 66.8. The normalized spacial score (nSPS) is 14.2. The van der Waals surface area contributed by atoms with Crippen molar-refractivity contribution in [2.24, 2.45) is 0 Å². The fraction of sp³-hybridized carbons (Fsp3) is 0.718. The van der Waals surface area contributed by atoms with E-state index in [2.05, 4.69) is 135 Å². The van der Waals surface area contributed by atoms with Gasteiger partial charge in [-0.05, 0) is 122 Å². The maximum Gasteiger partial charge on any atom is 0.472 e.